The minimum Gasteiger partial charge on any atom is -0.338 e. The fourth-order valence-corrected chi connectivity index (χ4v) is 3.84. The number of amides is 3. The Morgan fingerprint density at radius 1 is 0.964 bits per heavy atom. The molecule has 0 aromatic heterocycles. The topological polar surface area (TPSA) is 52.7 Å². The summed E-state index contributed by atoms with van der Waals surface area (Å²) in [4.78, 5) is 28.5. The van der Waals surface area contributed by atoms with Gasteiger partial charge in [0.05, 0.1) is 0 Å². The van der Waals surface area contributed by atoms with Crippen molar-refractivity contribution in [2.75, 3.05) is 24.5 Å². The van der Waals surface area contributed by atoms with Crippen LogP contribution in [0.1, 0.15) is 28.8 Å². The standard InChI is InChI=1S/C21H21F2N3O2/c22-17-6-5-15(13-18(17)23)20(27)25-10-8-16(9-11-25)24-21(28)26-12-7-14-3-1-2-4-19(14)26/h1-6,13,16H,7-12H2,(H,24,28). The molecule has 2 aliphatic rings. The molecule has 0 atom stereocenters. The maximum atomic E-state index is 13.4. The second kappa shape index (κ2) is 7.58. The van der Waals surface area contributed by atoms with E-state index in [4.69, 9.17) is 0 Å². The van der Waals surface area contributed by atoms with Crippen LogP contribution in [0.4, 0.5) is 19.3 Å². The highest BCUT2D eigenvalue weighted by molar-refractivity contribution is 5.95. The van der Waals surface area contributed by atoms with E-state index in [1.807, 2.05) is 24.3 Å². The number of nitrogens with zero attached hydrogens (tertiary/aromatic N) is 2. The summed E-state index contributed by atoms with van der Waals surface area (Å²) in [6, 6.07) is 10.9. The Bertz CT molecular complexity index is 910. The first kappa shape index (κ1) is 18.4. The Morgan fingerprint density at radius 3 is 2.46 bits per heavy atom. The maximum Gasteiger partial charge on any atom is 0.322 e. The van der Waals surface area contributed by atoms with Gasteiger partial charge < -0.3 is 10.2 Å². The normalized spacial score (nSPS) is 16.8. The van der Waals surface area contributed by atoms with Crippen LogP contribution in [0.5, 0.6) is 0 Å². The number of piperidine rings is 1. The summed E-state index contributed by atoms with van der Waals surface area (Å²) in [6.07, 6.45) is 2.10. The number of carbonyl (C=O) groups excluding carboxylic acids is 2. The molecule has 2 heterocycles. The van der Waals surface area contributed by atoms with Crippen LogP contribution in [0.3, 0.4) is 0 Å². The summed E-state index contributed by atoms with van der Waals surface area (Å²) >= 11 is 0. The van der Waals surface area contributed by atoms with Crippen LogP contribution < -0.4 is 10.2 Å². The van der Waals surface area contributed by atoms with Crippen LogP contribution in [-0.2, 0) is 6.42 Å². The van der Waals surface area contributed by atoms with Gasteiger partial charge in [0.25, 0.3) is 5.91 Å². The number of hydrogen-bond donors (Lipinski definition) is 1. The molecule has 2 aromatic carbocycles. The van der Waals surface area contributed by atoms with Gasteiger partial charge in [-0.1, -0.05) is 18.2 Å². The molecule has 1 N–H and O–H groups in total. The lowest BCUT2D eigenvalue weighted by Crippen LogP contribution is -2.50. The number of benzene rings is 2. The average Bonchev–Trinajstić information content (AvgIpc) is 3.14. The Hall–Kier alpha value is -2.96. The summed E-state index contributed by atoms with van der Waals surface area (Å²) in [5.41, 5.74) is 2.26. The highest BCUT2D eigenvalue weighted by atomic mass is 19.2. The van der Waals surface area contributed by atoms with Gasteiger partial charge in [-0.25, -0.2) is 13.6 Å². The molecule has 0 bridgehead atoms. The molecule has 0 spiro atoms. The second-order valence-corrected chi connectivity index (χ2v) is 7.18. The zero-order chi connectivity index (χ0) is 19.7. The Kier molecular flexibility index (Phi) is 4.98. The molecule has 4 rings (SSSR count). The molecular weight excluding hydrogens is 364 g/mol. The maximum absolute atomic E-state index is 13.4. The molecule has 0 radical (unpaired) electrons. The van der Waals surface area contributed by atoms with Crippen molar-refractivity contribution in [1.82, 2.24) is 10.2 Å². The van der Waals surface area contributed by atoms with Crippen LogP contribution in [-0.4, -0.2) is 42.5 Å². The van der Waals surface area contributed by atoms with Gasteiger partial charge in [-0.15, -0.1) is 0 Å². The Balaban J connectivity index is 1.32. The van der Waals surface area contributed by atoms with Gasteiger partial charge in [-0.2, -0.15) is 0 Å². The van der Waals surface area contributed by atoms with Crippen LogP contribution in [0.2, 0.25) is 0 Å². The number of hydrogen-bond acceptors (Lipinski definition) is 2. The van der Waals surface area contributed by atoms with Crippen molar-refractivity contribution < 1.29 is 18.4 Å². The van der Waals surface area contributed by atoms with E-state index in [0.717, 1.165) is 24.2 Å². The third-order valence-corrected chi connectivity index (χ3v) is 5.41. The fourth-order valence-electron chi connectivity index (χ4n) is 3.84. The average molecular weight is 385 g/mol. The van der Waals surface area contributed by atoms with E-state index < -0.39 is 11.6 Å². The number of halogens is 2. The number of anilines is 1. The van der Waals surface area contributed by atoms with E-state index in [0.29, 0.717) is 32.5 Å². The number of rotatable bonds is 2. The summed E-state index contributed by atoms with van der Waals surface area (Å²) in [6.45, 7) is 1.58. The molecule has 0 unspecified atom stereocenters. The Morgan fingerprint density at radius 2 is 1.71 bits per heavy atom. The van der Waals surface area contributed by atoms with Crippen LogP contribution in [0, 0.1) is 11.6 Å². The predicted octanol–water partition coefficient (Wildman–Crippen LogP) is 3.34. The molecule has 146 valence electrons. The molecule has 1 fully saturated rings. The van der Waals surface area contributed by atoms with E-state index in [2.05, 4.69) is 5.32 Å². The second-order valence-electron chi connectivity index (χ2n) is 7.18. The summed E-state index contributed by atoms with van der Waals surface area (Å²) in [5.74, 6) is -2.32. The van der Waals surface area contributed by atoms with Gasteiger partial charge in [-0.05, 0) is 49.1 Å². The van der Waals surface area contributed by atoms with Gasteiger partial charge in [-0.3, -0.25) is 9.69 Å². The molecule has 2 aliphatic heterocycles. The lowest BCUT2D eigenvalue weighted by Gasteiger charge is -2.33. The lowest BCUT2D eigenvalue weighted by molar-refractivity contribution is 0.0708. The largest absolute Gasteiger partial charge is 0.338 e. The zero-order valence-corrected chi connectivity index (χ0v) is 15.3. The summed E-state index contributed by atoms with van der Waals surface area (Å²) in [7, 11) is 0. The molecule has 7 heteroatoms. The predicted molar refractivity (Wildman–Crippen MR) is 101 cm³/mol. The molecule has 28 heavy (non-hydrogen) atoms. The van der Waals surface area contributed by atoms with Crippen molar-refractivity contribution in [2.24, 2.45) is 0 Å². The molecule has 2 aromatic rings. The molecule has 3 amide bonds. The Labute approximate surface area is 161 Å². The summed E-state index contributed by atoms with van der Waals surface area (Å²) in [5, 5.41) is 3.06. The third-order valence-electron chi connectivity index (χ3n) is 5.41. The SMILES string of the molecule is O=C(c1ccc(F)c(F)c1)N1CCC(NC(=O)N2CCc3ccccc32)CC1. The molecular formula is C21H21F2N3O2. The van der Waals surface area contributed by atoms with Crippen molar-refractivity contribution in [3.8, 4) is 0 Å². The molecule has 0 aliphatic carbocycles. The van der Waals surface area contributed by atoms with Crippen molar-refractivity contribution in [3.05, 3.63) is 65.2 Å². The number of urea groups is 1. The van der Waals surface area contributed by atoms with Gasteiger partial charge >= 0.3 is 6.03 Å². The van der Waals surface area contributed by atoms with E-state index in [1.165, 1.54) is 11.6 Å². The zero-order valence-electron chi connectivity index (χ0n) is 15.3. The van der Waals surface area contributed by atoms with Crippen molar-refractivity contribution in [2.45, 2.75) is 25.3 Å². The van der Waals surface area contributed by atoms with E-state index in [9.17, 15) is 18.4 Å². The van der Waals surface area contributed by atoms with Crippen molar-refractivity contribution in [1.29, 1.82) is 0 Å². The minimum atomic E-state index is -1.03. The van der Waals surface area contributed by atoms with Crippen LogP contribution in [0.15, 0.2) is 42.5 Å². The van der Waals surface area contributed by atoms with E-state index in [-0.39, 0.29) is 23.5 Å². The fraction of sp³-hybridized carbons (Fsp3) is 0.333. The number of para-hydroxylation sites is 1. The first-order valence-corrected chi connectivity index (χ1v) is 9.43. The van der Waals surface area contributed by atoms with Gasteiger partial charge in [0, 0.05) is 36.9 Å². The first-order valence-electron chi connectivity index (χ1n) is 9.43. The van der Waals surface area contributed by atoms with Crippen LogP contribution in [0.25, 0.3) is 0 Å². The van der Waals surface area contributed by atoms with E-state index >= 15 is 0 Å². The van der Waals surface area contributed by atoms with Gasteiger partial charge in [0.15, 0.2) is 11.6 Å². The summed E-state index contributed by atoms with van der Waals surface area (Å²) < 4.78 is 26.4. The van der Waals surface area contributed by atoms with Gasteiger partial charge in [0.2, 0.25) is 0 Å². The van der Waals surface area contributed by atoms with Gasteiger partial charge in [0.1, 0.15) is 0 Å². The highest BCUT2D eigenvalue weighted by Crippen LogP contribution is 2.27. The lowest BCUT2D eigenvalue weighted by atomic mass is 10.0. The minimum absolute atomic E-state index is 0.0192. The smallest absolute Gasteiger partial charge is 0.322 e. The molecule has 5 nitrogen and oxygen atoms in total. The quantitative estimate of drug-likeness (QED) is 0.862. The van der Waals surface area contributed by atoms with Crippen molar-refractivity contribution in [3.63, 3.8) is 0 Å². The van der Waals surface area contributed by atoms with Crippen LogP contribution >= 0.6 is 0 Å². The number of likely N-dealkylation sites (tertiary alicyclic amines) is 1. The number of nitrogens with one attached hydrogen (secondary N) is 1. The first-order chi connectivity index (χ1) is 13.5. The third kappa shape index (κ3) is 3.56. The molecule has 0 saturated carbocycles. The van der Waals surface area contributed by atoms with Crippen molar-refractivity contribution >= 4 is 17.6 Å². The molecule has 1 saturated heterocycles. The monoisotopic (exact) mass is 385 g/mol. The number of fused-ring (bicyclic) bond motifs is 1. The highest BCUT2D eigenvalue weighted by Gasteiger charge is 2.29. The number of carbonyl (C=O) groups is 2. The van der Waals surface area contributed by atoms with E-state index in [1.54, 1.807) is 9.80 Å².